The maximum absolute atomic E-state index is 11.2. The number of hydrogen-bond acceptors (Lipinski definition) is 2. The molecule has 0 unspecified atom stereocenters. The Labute approximate surface area is 95.8 Å². The van der Waals surface area contributed by atoms with Crippen molar-refractivity contribution in [2.45, 2.75) is 33.2 Å². The van der Waals surface area contributed by atoms with Crippen LogP contribution in [-0.2, 0) is 4.74 Å². The van der Waals surface area contributed by atoms with Gasteiger partial charge >= 0.3 is 6.09 Å². The first-order valence-corrected chi connectivity index (χ1v) is 5.59. The summed E-state index contributed by atoms with van der Waals surface area (Å²) in [6.07, 6.45) is 0.534. The first kappa shape index (κ1) is 11.0. The lowest BCUT2D eigenvalue weighted by molar-refractivity contribution is 0.115. The lowest BCUT2D eigenvalue weighted by Crippen LogP contribution is -2.36. The van der Waals surface area contributed by atoms with E-state index in [-0.39, 0.29) is 12.1 Å². The van der Waals surface area contributed by atoms with Crippen LogP contribution in [0.4, 0.5) is 4.79 Å². The standard InChI is InChI=1S/C13H17NO2/c1-8-6-9(2)12(10(3)7-8)11-4-5-16-13(15)14-11/h6-7,11H,4-5H2,1-3H3,(H,14,15)/t11-/m1/s1. The van der Waals surface area contributed by atoms with Crippen molar-refractivity contribution in [1.82, 2.24) is 5.32 Å². The maximum atomic E-state index is 11.2. The molecule has 2 rings (SSSR count). The lowest BCUT2D eigenvalue weighted by Gasteiger charge is -2.26. The second kappa shape index (κ2) is 4.16. The minimum atomic E-state index is -0.310. The molecule has 0 spiro atoms. The zero-order valence-electron chi connectivity index (χ0n) is 9.96. The van der Waals surface area contributed by atoms with Crippen LogP contribution in [0, 0.1) is 20.8 Å². The highest BCUT2D eigenvalue weighted by atomic mass is 16.5. The molecule has 1 fully saturated rings. The van der Waals surface area contributed by atoms with E-state index in [1.165, 1.54) is 22.3 Å². The molecule has 1 aromatic rings. The molecule has 0 aliphatic carbocycles. The first-order chi connectivity index (χ1) is 7.58. The molecule has 16 heavy (non-hydrogen) atoms. The molecule has 3 heteroatoms. The van der Waals surface area contributed by atoms with Gasteiger partial charge in [-0.25, -0.2) is 4.79 Å². The van der Waals surface area contributed by atoms with Gasteiger partial charge < -0.3 is 10.1 Å². The first-order valence-electron chi connectivity index (χ1n) is 5.59. The van der Waals surface area contributed by atoms with Gasteiger partial charge in [0, 0.05) is 6.42 Å². The SMILES string of the molecule is Cc1cc(C)c([C@H]2CCOC(=O)N2)c(C)c1. The summed E-state index contributed by atoms with van der Waals surface area (Å²) >= 11 is 0. The zero-order chi connectivity index (χ0) is 11.7. The van der Waals surface area contributed by atoms with Crippen LogP contribution in [0.2, 0.25) is 0 Å². The van der Waals surface area contributed by atoms with Crippen LogP contribution in [0.25, 0.3) is 0 Å². The Morgan fingerprint density at radius 2 is 1.88 bits per heavy atom. The van der Waals surface area contributed by atoms with E-state index in [9.17, 15) is 4.79 Å². The summed E-state index contributed by atoms with van der Waals surface area (Å²) in [5.74, 6) is 0. The van der Waals surface area contributed by atoms with Crippen molar-refractivity contribution in [2.24, 2.45) is 0 Å². The van der Waals surface area contributed by atoms with Gasteiger partial charge in [-0.05, 0) is 37.5 Å². The molecule has 1 N–H and O–H groups in total. The third-order valence-electron chi connectivity index (χ3n) is 3.02. The van der Waals surface area contributed by atoms with Gasteiger partial charge in [0.05, 0.1) is 12.6 Å². The number of carbonyl (C=O) groups excluding carboxylic acids is 1. The van der Waals surface area contributed by atoms with Gasteiger partial charge in [0.2, 0.25) is 0 Å². The molecule has 1 amide bonds. The van der Waals surface area contributed by atoms with Gasteiger partial charge in [-0.3, -0.25) is 0 Å². The summed E-state index contributed by atoms with van der Waals surface area (Å²) in [5, 5.41) is 2.87. The van der Waals surface area contributed by atoms with E-state index in [1.807, 2.05) is 0 Å². The number of aryl methyl sites for hydroxylation is 3. The number of benzene rings is 1. The van der Waals surface area contributed by atoms with E-state index in [4.69, 9.17) is 4.74 Å². The van der Waals surface area contributed by atoms with Crippen LogP contribution in [0.1, 0.15) is 34.7 Å². The van der Waals surface area contributed by atoms with E-state index in [0.29, 0.717) is 6.61 Å². The van der Waals surface area contributed by atoms with Crippen molar-refractivity contribution < 1.29 is 9.53 Å². The molecule has 0 saturated carbocycles. The van der Waals surface area contributed by atoms with E-state index in [0.717, 1.165) is 6.42 Å². The van der Waals surface area contributed by atoms with Crippen molar-refractivity contribution in [3.63, 3.8) is 0 Å². The van der Waals surface area contributed by atoms with E-state index < -0.39 is 0 Å². The van der Waals surface area contributed by atoms with E-state index in [1.54, 1.807) is 0 Å². The third-order valence-corrected chi connectivity index (χ3v) is 3.02. The Balaban J connectivity index is 2.35. The predicted octanol–water partition coefficient (Wildman–Crippen LogP) is 2.78. The fourth-order valence-corrected chi connectivity index (χ4v) is 2.48. The summed E-state index contributed by atoms with van der Waals surface area (Å²) < 4.78 is 4.88. The van der Waals surface area contributed by atoms with Gasteiger partial charge in [-0.1, -0.05) is 17.7 Å². The van der Waals surface area contributed by atoms with Gasteiger partial charge in [0.25, 0.3) is 0 Å². The second-order valence-corrected chi connectivity index (χ2v) is 4.43. The van der Waals surface area contributed by atoms with Crippen molar-refractivity contribution in [1.29, 1.82) is 0 Å². The predicted molar refractivity (Wildman–Crippen MR) is 62.5 cm³/mol. The van der Waals surface area contributed by atoms with Gasteiger partial charge in [-0.15, -0.1) is 0 Å². The number of carbonyl (C=O) groups is 1. The van der Waals surface area contributed by atoms with Crippen molar-refractivity contribution in [3.05, 3.63) is 34.4 Å². The fraction of sp³-hybridized carbons (Fsp3) is 0.462. The summed E-state index contributed by atoms with van der Waals surface area (Å²) in [6.45, 7) is 6.78. The van der Waals surface area contributed by atoms with Crippen molar-refractivity contribution in [2.75, 3.05) is 6.61 Å². The fourth-order valence-electron chi connectivity index (χ4n) is 2.48. The molecule has 1 saturated heterocycles. The summed E-state index contributed by atoms with van der Waals surface area (Å²) in [4.78, 5) is 11.2. The average Bonchev–Trinajstić information content (AvgIpc) is 2.15. The maximum Gasteiger partial charge on any atom is 0.407 e. The number of rotatable bonds is 1. The molecule has 1 atom stereocenters. The number of nitrogens with one attached hydrogen (secondary N) is 1. The molecule has 0 radical (unpaired) electrons. The highest BCUT2D eigenvalue weighted by molar-refractivity contribution is 5.69. The highest BCUT2D eigenvalue weighted by Gasteiger charge is 2.23. The quantitative estimate of drug-likeness (QED) is 0.788. The molecule has 1 aromatic carbocycles. The largest absolute Gasteiger partial charge is 0.449 e. The molecule has 1 heterocycles. The van der Waals surface area contributed by atoms with Crippen LogP contribution in [-0.4, -0.2) is 12.7 Å². The van der Waals surface area contributed by atoms with Gasteiger partial charge in [0.1, 0.15) is 0 Å². The molecule has 1 aliphatic heterocycles. The smallest absolute Gasteiger partial charge is 0.407 e. The number of alkyl carbamates (subject to hydrolysis) is 1. The van der Waals surface area contributed by atoms with E-state index in [2.05, 4.69) is 38.2 Å². The zero-order valence-corrected chi connectivity index (χ0v) is 9.96. The van der Waals surface area contributed by atoms with Crippen LogP contribution in [0.15, 0.2) is 12.1 Å². The van der Waals surface area contributed by atoms with E-state index >= 15 is 0 Å². The summed E-state index contributed by atoms with van der Waals surface area (Å²) in [6, 6.07) is 4.41. The van der Waals surface area contributed by atoms with Crippen molar-refractivity contribution in [3.8, 4) is 0 Å². The number of cyclic esters (lactones) is 1. The van der Waals surface area contributed by atoms with Crippen LogP contribution >= 0.6 is 0 Å². The molecular weight excluding hydrogens is 202 g/mol. The molecule has 0 aromatic heterocycles. The minimum Gasteiger partial charge on any atom is -0.449 e. The molecule has 3 nitrogen and oxygen atoms in total. The number of hydrogen-bond donors (Lipinski definition) is 1. The third kappa shape index (κ3) is 2.03. The lowest BCUT2D eigenvalue weighted by atomic mass is 9.92. The minimum absolute atomic E-state index is 0.0989. The Hall–Kier alpha value is -1.51. The molecule has 86 valence electrons. The summed E-state index contributed by atoms with van der Waals surface area (Å²) in [5.41, 5.74) is 4.98. The van der Waals surface area contributed by atoms with Crippen LogP contribution in [0.5, 0.6) is 0 Å². The van der Waals surface area contributed by atoms with Gasteiger partial charge in [0.15, 0.2) is 0 Å². The van der Waals surface area contributed by atoms with Crippen LogP contribution < -0.4 is 5.32 Å². The molecular formula is C13H17NO2. The Kier molecular flexibility index (Phi) is 2.86. The summed E-state index contributed by atoms with van der Waals surface area (Å²) in [7, 11) is 0. The number of amides is 1. The monoisotopic (exact) mass is 219 g/mol. The van der Waals surface area contributed by atoms with Crippen LogP contribution in [0.3, 0.4) is 0 Å². The molecule has 0 bridgehead atoms. The van der Waals surface area contributed by atoms with Gasteiger partial charge in [-0.2, -0.15) is 0 Å². The highest BCUT2D eigenvalue weighted by Crippen LogP contribution is 2.27. The Bertz CT molecular complexity index is 403. The average molecular weight is 219 g/mol. The normalized spacial score (nSPS) is 20.2. The molecule has 1 aliphatic rings. The van der Waals surface area contributed by atoms with Crippen molar-refractivity contribution >= 4 is 6.09 Å². The Morgan fingerprint density at radius 1 is 1.25 bits per heavy atom. The Morgan fingerprint density at radius 3 is 2.44 bits per heavy atom. The topological polar surface area (TPSA) is 38.3 Å². The number of ether oxygens (including phenoxy) is 1. The second-order valence-electron chi connectivity index (χ2n) is 4.43.